The molecule has 0 aliphatic rings. The van der Waals surface area contributed by atoms with Crippen molar-refractivity contribution in [3.8, 4) is 0 Å². The van der Waals surface area contributed by atoms with Crippen LogP contribution in [-0.2, 0) is 20.1 Å². The van der Waals surface area contributed by atoms with Crippen molar-refractivity contribution >= 4 is 0 Å². The van der Waals surface area contributed by atoms with Crippen LogP contribution < -0.4 is 0 Å². The van der Waals surface area contributed by atoms with Crippen LogP contribution in [0.3, 0.4) is 0 Å². The Labute approximate surface area is 46.7 Å². The molecule has 6 heteroatoms. The fourth-order valence-electron chi connectivity index (χ4n) is 0. The van der Waals surface area contributed by atoms with E-state index in [2.05, 4.69) is 0 Å². The first kappa shape index (κ1) is 17.0. The first-order chi connectivity index (χ1) is 1.73. The molecule has 0 fully saturated rings. The SMILES string of the molecule is O.O=[N+]([O-])[O-].[Ir]. The van der Waals surface area contributed by atoms with Crippen molar-refractivity contribution in [1.82, 2.24) is 0 Å². The Kier molecular flexibility index (Phi) is 25.1. The van der Waals surface area contributed by atoms with Gasteiger partial charge in [-0.2, -0.15) is 0 Å². The molecule has 0 aromatic heterocycles. The van der Waals surface area contributed by atoms with Crippen LogP contribution >= 0.6 is 0 Å². The Balaban J connectivity index is -0.0000000450. The Morgan fingerprint density at radius 1 is 1.33 bits per heavy atom. The van der Waals surface area contributed by atoms with Gasteiger partial charge in [0, 0.05) is 20.1 Å². The van der Waals surface area contributed by atoms with E-state index in [0.717, 1.165) is 0 Å². The number of hydrogen-bond donors (Lipinski definition) is 0. The molecule has 6 heavy (non-hydrogen) atoms. The summed E-state index contributed by atoms with van der Waals surface area (Å²) in [6.07, 6.45) is 0. The number of rotatable bonds is 0. The van der Waals surface area contributed by atoms with Gasteiger partial charge in [0.2, 0.25) is 0 Å². The second-order valence-electron chi connectivity index (χ2n) is 0.224. The third-order valence-electron chi connectivity index (χ3n) is 0. The molecule has 0 aromatic carbocycles. The summed E-state index contributed by atoms with van der Waals surface area (Å²) in [7, 11) is 0. The zero-order valence-electron chi connectivity index (χ0n) is 2.51. The van der Waals surface area contributed by atoms with Crippen molar-refractivity contribution in [2.45, 2.75) is 0 Å². The van der Waals surface area contributed by atoms with Gasteiger partial charge in [0.05, 0.1) is 5.09 Å². The van der Waals surface area contributed by atoms with E-state index in [4.69, 9.17) is 15.3 Å². The van der Waals surface area contributed by atoms with Crippen molar-refractivity contribution in [2.75, 3.05) is 0 Å². The van der Waals surface area contributed by atoms with Gasteiger partial charge < -0.3 is 20.8 Å². The van der Waals surface area contributed by atoms with Crippen LogP contribution in [0.4, 0.5) is 0 Å². The summed E-state index contributed by atoms with van der Waals surface area (Å²) in [5.41, 5.74) is 0. The van der Waals surface area contributed by atoms with Crippen LogP contribution in [0.2, 0.25) is 0 Å². The Morgan fingerprint density at radius 2 is 1.33 bits per heavy atom. The van der Waals surface area contributed by atoms with E-state index in [1.807, 2.05) is 0 Å². The minimum Gasteiger partial charge on any atom is -0.412 e. The molecule has 1 radical (unpaired) electrons. The summed E-state index contributed by atoms with van der Waals surface area (Å²) >= 11 is 0. The van der Waals surface area contributed by atoms with E-state index in [1.165, 1.54) is 0 Å². The van der Waals surface area contributed by atoms with Crippen molar-refractivity contribution < 1.29 is 30.7 Å². The first-order valence-corrected chi connectivity index (χ1v) is 0.548. The summed E-state index contributed by atoms with van der Waals surface area (Å²) in [6, 6.07) is 0. The van der Waals surface area contributed by atoms with Gasteiger partial charge in [0.15, 0.2) is 0 Å². The molecule has 0 amide bonds. The van der Waals surface area contributed by atoms with Gasteiger partial charge in [0.1, 0.15) is 0 Å². The number of nitrogens with zero attached hydrogens (tertiary/aromatic N) is 1. The van der Waals surface area contributed by atoms with Crippen LogP contribution in [-0.4, -0.2) is 10.6 Å². The maximum atomic E-state index is 8.25. The van der Waals surface area contributed by atoms with Gasteiger partial charge in [-0.25, -0.2) is 0 Å². The summed E-state index contributed by atoms with van der Waals surface area (Å²) in [6.45, 7) is 0. The molecule has 0 heterocycles. The van der Waals surface area contributed by atoms with Gasteiger partial charge in [-0.3, -0.25) is 0 Å². The van der Waals surface area contributed by atoms with Crippen molar-refractivity contribution in [3.05, 3.63) is 15.3 Å². The molecule has 0 bridgehead atoms. The molecular weight excluding hydrogens is 270 g/mol. The monoisotopic (exact) mass is 273 g/mol. The first-order valence-electron chi connectivity index (χ1n) is 0.548. The molecule has 0 rings (SSSR count). The van der Waals surface area contributed by atoms with Gasteiger partial charge in [0.25, 0.3) is 0 Å². The average Bonchev–Trinajstić information content (AvgIpc) is 0.811. The quantitative estimate of drug-likeness (QED) is 0.415. The van der Waals surface area contributed by atoms with E-state index in [1.54, 1.807) is 0 Å². The Bertz CT molecular complexity index is 30.5. The molecule has 0 atom stereocenters. The van der Waals surface area contributed by atoms with Gasteiger partial charge >= 0.3 is 0 Å². The van der Waals surface area contributed by atoms with Crippen LogP contribution in [0.25, 0.3) is 0 Å². The van der Waals surface area contributed by atoms with E-state index in [0.29, 0.717) is 0 Å². The normalized spacial score (nSPS) is 4.00. The van der Waals surface area contributed by atoms with Crippen LogP contribution in [0.1, 0.15) is 0 Å². The molecule has 0 spiro atoms. The zero-order valence-corrected chi connectivity index (χ0v) is 4.90. The molecule has 5 nitrogen and oxygen atoms in total. The second kappa shape index (κ2) is 8.84. The predicted molar refractivity (Wildman–Crippen MR) is 14.0 cm³/mol. The largest absolute Gasteiger partial charge is 0.412 e. The molecular formula is H2IrNO4-. The van der Waals surface area contributed by atoms with Gasteiger partial charge in [-0.1, -0.05) is 0 Å². The summed E-state index contributed by atoms with van der Waals surface area (Å²) in [5.74, 6) is 0. The molecule has 0 aliphatic carbocycles. The van der Waals surface area contributed by atoms with Crippen molar-refractivity contribution in [2.24, 2.45) is 0 Å². The molecule has 0 aromatic rings. The third-order valence-corrected chi connectivity index (χ3v) is 0. The van der Waals surface area contributed by atoms with Gasteiger partial charge in [-0.05, 0) is 0 Å². The summed E-state index contributed by atoms with van der Waals surface area (Å²) in [5, 5.41) is 14.8. The maximum absolute atomic E-state index is 8.25. The molecule has 0 saturated carbocycles. The third kappa shape index (κ3) is 827. The Hall–Kier alpha value is -0.191. The maximum Gasteiger partial charge on any atom is 0.0689 e. The second-order valence-corrected chi connectivity index (χ2v) is 0.224. The molecule has 0 aliphatic heterocycles. The van der Waals surface area contributed by atoms with E-state index >= 15 is 0 Å². The van der Waals surface area contributed by atoms with E-state index < -0.39 is 5.09 Å². The average molecular weight is 272 g/mol. The fourth-order valence-corrected chi connectivity index (χ4v) is 0. The Morgan fingerprint density at radius 3 is 1.33 bits per heavy atom. The van der Waals surface area contributed by atoms with Crippen LogP contribution in [0, 0.1) is 15.3 Å². The van der Waals surface area contributed by atoms with Crippen LogP contribution in [0.15, 0.2) is 0 Å². The van der Waals surface area contributed by atoms with Gasteiger partial charge in [-0.15, -0.1) is 0 Å². The fraction of sp³-hybridized carbons (Fsp3) is 0. The summed E-state index contributed by atoms with van der Waals surface area (Å²) < 4.78 is 0. The predicted octanol–water partition coefficient (Wildman–Crippen LogP) is -1.07. The smallest absolute Gasteiger partial charge is 0.0689 e. The molecule has 0 saturated heterocycles. The summed E-state index contributed by atoms with van der Waals surface area (Å²) in [4.78, 5) is 8.25. The minimum atomic E-state index is -1.75. The van der Waals surface area contributed by atoms with Crippen molar-refractivity contribution in [3.63, 3.8) is 0 Å². The molecule has 0 unspecified atom stereocenters. The van der Waals surface area contributed by atoms with Crippen LogP contribution in [0.5, 0.6) is 0 Å². The number of hydrogen-bond acceptors (Lipinski definition) is 3. The topological polar surface area (TPSA) is 97.7 Å². The van der Waals surface area contributed by atoms with Crippen molar-refractivity contribution in [1.29, 1.82) is 0 Å². The standard InChI is InChI=1S/Ir.NO3.H2O/c;2-1(3)4;/h;;1H2/q;-1;. The molecule has 41 valence electrons. The molecule has 2 N–H and O–H groups in total. The zero-order chi connectivity index (χ0) is 3.58. The minimum absolute atomic E-state index is 0. The van der Waals surface area contributed by atoms with E-state index in [-0.39, 0.29) is 25.6 Å². The van der Waals surface area contributed by atoms with E-state index in [9.17, 15) is 0 Å².